The van der Waals surface area contributed by atoms with E-state index in [-0.39, 0.29) is 44.1 Å². The van der Waals surface area contributed by atoms with E-state index in [2.05, 4.69) is 5.32 Å². The van der Waals surface area contributed by atoms with Crippen molar-refractivity contribution in [3.05, 3.63) is 22.4 Å². The minimum atomic E-state index is -2.63. The van der Waals surface area contributed by atoms with Gasteiger partial charge in [-0.05, 0) is 42.2 Å². The van der Waals surface area contributed by atoms with E-state index in [4.69, 9.17) is 0 Å². The van der Waals surface area contributed by atoms with Crippen molar-refractivity contribution in [3.63, 3.8) is 0 Å². The lowest BCUT2D eigenvalue weighted by molar-refractivity contribution is -0.130. The normalized spacial score (nSPS) is 22.2. The van der Waals surface area contributed by atoms with Crippen molar-refractivity contribution in [2.75, 3.05) is 6.54 Å². The molecule has 1 aliphatic rings. The summed E-state index contributed by atoms with van der Waals surface area (Å²) in [6.45, 7) is 1.72. The molecule has 1 heterocycles. The summed E-state index contributed by atoms with van der Waals surface area (Å²) in [4.78, 5) is 12.0. The summed E-state index contributed by atoms with van der Waals surface area (Å²) in [6, 6.07) is 1.80. The first kappa shape index (κ1) is 15.4. The van der Waals surface area contributed by atoms with Crippen LogP contribution in [0.3, 0.4) is 0 Å². The van der Waals surface area contributed by atoms with Crippen LogP contribution in [0.1, 0.15) is 38.2 Å². The largest absolute Gasteiger partial charge is 0.384 e. The number of hydrogen-bond donors (Lipinski definition) is 2. The molecule has 112 valence electrons. The molecule has 20 heavy (non-hydrogen) atoms. The maximum atomic E-state index is 13.0. The van der Waals surface area contributed by atoms with Crippen molar-refractivity contribution >= 4 is 17.2 Å². The topological polar surface area (TPSA) is 49.3 Å². The average Bonchev–Trinajstić information content (AvgIpc) is 2.90. The van der Waals surface area contributed by atoms with Crippen LogP contribution in [0.2, 0.25) is 0 Å². The molecule has 1 unspecified atom stereocenters. The van der Waals surface area contributed by atoms with Gasteiger partial charge in [0, 0.05) is 18.8 Å². The zero-order chi connectivity index (χ0) is 14.8. The van der Waals surface area contributed by atoms with Gasteiger partial charge in [-0.15, -0.1) is 0 Å². The minimum absolute atomic E-state index is 0.0927. The van der Waals surface area contributed by atoms with E-state index in [1.807, 2.05) is 10.8 Å². The molecule has 0 radical (unpaired) electrons. The number of carbonyl (C=O) groups is 1. The summed E-state index contributed by atoms with van der Waals surface area (Å²) in [5.74, 6) is -3.23. The molecular weight excluding hydrogens is 284 g/mol. The fraction of sp³-hybridized carbons (Fsp3) is 0.643. The van der Waals surface area contributed by atoms with Crippen LogP contribution in [0.5, 0.6) is 0 Å². The number of amides is 1. The van der Waals surface area contributed by atoms with E-state index in [0.717, 1.165) is 5.56 Å². The number of halogens is 2. The molecule has 0 bridgehead atoms. The Kier molecular flexibility index (Phi) is 4.44. The van der Waals surface area contributed by atoms with Crippen LogP contribution < -0.4 is 5.32 Å². The van der Waals surface area contributed by atoms with Gasteiger partial charge in [0.2, 0.25) is 11.8 Å². The van der Waals surface area contributed by atoms with Crippen LogP contribution in [0.25, 0.3) is 0 Å². The molecule has 2 N–H and O–H groups in total. The Bertz CT molecular complexity index is 450. The first-order valence-electron chi connectivity index (χ1n) is 6.71. The number of alkyl halides is 2. The molecule has 1 aromatic rings. The van der Waals surface area contributed by atoms with Crippen molar-refractivity contribution in [1.29, 1.82) is 0 Å². The summed E-state index contributed by atoms with van der Waals surface area (Å²) in [5.41, 5.74) is -0.383. The molecule has 1 fully saturated rings. The van der Waals surface area contributed by atoms with Crippen molar-refractivity contribution < 1.29 is 18.7 Å². The van der Waals surface area contributed by atoms with Gasteiger partial charge in [-0.3, -0.25) is 4.79 Å². The fourth-order valence-corrected chi connectivity index (χ4v) is 3.16. The summed E-state index contributed by atoms with van der Waals surface area (Å²) >= 11 is 1.47. The van der Waals surface area contributed by atoms with Gasteiger partial charge in [0.1, 0.15) is 5.60 Å². The second-order valence-electron chi connectivity index (χ2n) is 5.63. The molecule has 0 aliphatic heterocycles. The summed E-state index contributed by atoms with van der Waals surface area (Å²) in [6.07, 6.45) is -0.0448. The van der Waals surface area contributed by atoms with E-state index in [1.54, 1.807) is 13.0 Å². The summed E-state index contributed by atoms with van der Waals surface area (Å²) < 4.78 is 26.1. The van der Waals surface area contributed by atoms with Crippen LogP contribution in [-0.2, 0) is 10.4 Å². The van der Waals surface area contributed by atoms with Gasteiger partial charge in [-0.1, -0.05) is 0 Å². The number of rotatable bonds is 4. The van der Waals surface area contributed by atoms with Crippen molar-refractivity contribution in [2.24, 2.45) is 5.92 Å². The third-order valence-electron chi connectivity index (χ3n) is 3.84. The van der Waals surface area contributed by atoms with Crippen molar-refractivity contribution in [2.45, 2.75) is 44.1 Å². The molecule has 3 nitrogen and oxygen atoms in total. The van der Waals surface area contributed by atoms with Gasteiger partial charge in [0.05, 0.1) is 6.54 Å². The molecule has 1 saturated carbocycles. The summed E-state index contributed by atoms with van der Waals surface area (Å²) in [5, 5.41) is 16.6. The Morgan fingerprint density at radius 3 is 2.75 bits per heavy atom. The summed E-state index contributed by atoms with van der Waals surface area (Å²) in [7, 11) is 0. The van der Waals surface area contributed by atoms with Crippen LogP contribution >= 0.6 is 11.3 Å². The zero-order valence-electron chi connectivity index (χ0n) is 11.4. The van der Waals surface area contributed by atoms with Gasteiger partial charge >= 0.3 is 0 Å². The quantitative estimate of drug-likeness (QED) is 0.898. The standard InChI is InChI=1S/C14H19F2NO2S/c1-13(19,11-4-7-20-8-11)9-17-12(18)10-2-5-14(15,16)6-3-10/h4,7-8,10,19H,2-3,5-6,9H2,1H3,(H,17,18). The van der Waals surface area contributed by atoms with E-state index in [1.165, 1.54) is 11.3 Å². The van der Waals surface area contributed by atoms with E-state index in [9.17, 15) is 18.7 Å². The van der Waals surface area contributed by atoms with Gasteiger partial charge < -0.3 is 10.4 Å². The van der Waals surface area contributed by atoms with E-state index in [0.29, 0.717) is 0 Å². The third-order valence-corrected chi connectivity index (χ3v) is 4.52. The molecule has 0 saturated heterocycles. The highest BCUT2D eigenvalue weighted by Gasteiger charge is 2.37. The highest BCUT2D eigenvalue weighted by Crippen LogP contribution is 2.36. The zero-order valence-corrected chi connectivity index (χ0v) is 12.2. The molecule has 0 spiro atoms. The number of aliphatic hydroxyl groups is 1. The highest BCUT2D eigenvalue weighted by atomic mass is 32.1. The monoisotopic (exact) mass is 303 g/mol. The Labute approximate surface area is 121 Å². The first-order valence-corrected chi connectivity index (χ1v) is 7.65. The predicted octanol–water partition coefficient (Wildman–Crippen LogP) is 2.90. The number of thiophene rings is 1. The van der Waals surface area contributed by atoms with Crippen LogP contribution in [0.4, 0.5) is 8.78 Å². The lowest BCUT2D eigenvalue weighted by Crippen LogP contribution is -2.42. The van der Waals surface area contributed by atoms with Gasteiger partial charge in [-0.2, -0.15) is 11.3 Å². The molecule has 0 aromatic carbocycles. The van der Waals surface area contributed by atoms with E-state index >= 15 is 0 Å². The Morgan fingerprint density at radius 2 is 2.20 bits per heavy atom. The van der Waals surface area contributed by atoms with Gasteiger partial charge in [0.15, 0.2) is 0 Å². The van der Waals surface area contributed by atoms with Crippen LogP contribution in [-0.4, -0.2) is 23.5 Å². The Balaban J connectivity index is 1.84. The Hall–Kier alpha value is -1.01. The third kappa shape index (κ3) is 3.76. The highest BCUT2D eigenvalue weighted by molar-refractivity contribution is 7.08. The maximum Gasteiger partial charge on any atom is 0.248 e. The SMILES string of the molecule is CC(O)(CNC(=O)C1CCC(F)(F)CC1)c1ccsc1. The van der Waals surface area contributed by atoms with Gasteiger partial charge in [0.25, 0.3) is 0 Å². The lowest BCUT2D eigenvalue weighted by atomic mass is 9.86. The lowest BCUT2D eigenvalue weighted by Gasteiger charge is -2.29. The van der Waals surface area contributed by atoms with Crippen LogP contribution in [0.15, 0.2) is 16.8 Å². The minimum Gasteiger partial charge on any atom is -0.384 e. The number of hydrogen-bond acceptors (Lipinski definition) is 3. The number of nitrogens with one attached hydrogen (secondary N) is 1. The fourth-order valence-electron chi connectivity index (χ4n) is 2.38. The molecule has 1 aliphatic carbocycles. The van der Waals surface area contributed by atoms with Gasteiger partial charge in [-0.25, -0.2) is 8.78 Å². The molecule has 1 atom stereocenters. The van der Waals surface area contributed by atoms with Crippen molar-refractivity contribution in [3.8, 4) is 0 Å². The smallest absolute Gasteiger partial charge is 0.248 e. The molecular formula is C14H19F2NO2S. The molecule has 1 amide bonds. The molecule has 6 heteroatoms. The van der Waals surface area contributed by atoms with Crippen molar-refractivity contribution in [1.82, 2.24) is 5.32 Å². The second-order valence-corrected chi connectivity index (χ2v) is 6.41. The molecule has 2 rings (SSSR count). The van der Waals surface area contributed by atoms with Crippen LogP contribution in [0, 0.1) is 5.92 Å². The first-order chi connectivity index (χ1) is 9.30. The second kappa shape index (κ2) is 5.77. The maximum absolute atomic E-state index is 13.0. The number of carbonyl (C=O) groups excluding carboxylic acids is 1. The molecule has 1 aromatic heterocycles. The Morgan fingerprint density at radius 1 is 1.55 bits per heavy atom. The van der Waals surface area contributed by atoms with E-state index < -0.39 is 11.5 Å². The predicted molar refractivity (Wildman–Crippen MR) is 73.8 cm³/mol. The average molecular weight is 303 g/mol.